The fourth-order valence-corrected chi connectivity index (χ4v) is 5.11. The Hall–Kier alpha value is -3.16. The Morgan fingerprint density at radius 3 is 2.65 bits per heavy atom. The van der Waals surface area contributed by atoms with E-state index in [4.69, 9.17) is 4.42 Å². The van der Waals surface area contributed by atoms with Crippen LogP contribution in [0, 0.1) is 0 Å². The van der Waals surface area contributed by atoms with Crippen LogP contribution in [0.4, 0.5) is 5.69 Å². The van der Waals surface area contributed by atoms with Crippen LogP contribution in [0.15, 0.2) is 57.7 Å². The highest BCUT2D eigenvalue weighted by Crippen LogP contribution is 2.31. The predicted octanol–water partition coefficient (Wildman–Crippen LogP) is 2.89. The van der Waals surface area contributed by atoms with Crippen molar-refractivity contribution in [3.8, 4) is 0 Å². The molecule has 178 valence electrons. The molecule has 2 aromatic carbocycles. The van der Waals surface area contributed by atoms with Crippen LogP contribution < -0.4 is 15.8 Å². The maximum absolute atomic E-state index is 13.1. The molecule has 0 unspecified atom stereocenters. The SMILES string of the molecule is CN1CCN([C@@H](CNC(=O)c2cc3ccccc3oc2=O)c2ccc3c(c2)CCCN3C)CC1. The van der Waals surface area contributed by atoms with Crippen LogP contribution in [0.3, 0.4) is 0 Å². The Bertz CT molecular complexity index is 1250. The number of amides is 1. The van der Waals surface area contributed by atoms with Gasteiger partial charge in [0.05, 0.1) is 6.04 Å². The molecule has 7 heteroatoms. The minimum atomic E-state index is -0.607. The summed E-state index contributed by atoms with van der Waals surface area (Å²) in [6.45, 7) is 5.37. The van der Waals surface area contributed by atoms with Crippen LogP contribution in [-0.2, 0) is 6.42 Å². The van der Waals surface area contributed by atoms with Crippen LogP contribution in [0.2, 0.25) is 0 Å². The molecule has 1 fully saturated rings. The minimum Gasteiger partial charge on any atom is -0.422 e. The summed E-state index contributed by atoms with van der Waals surface area (Å²) < 4.78 is 5.37. The normalized spacial score (nSPS) is 18.0. The number of rotatable bonds is 5. The zero-order valence-electron chi connectivity index (χ0n) is 19.9. The lowest BCUT2D eigenvalue weighted by atomic mass is 9.95. The van der Waals surface area contributed by atoms with Crippen LogP contribution in [0.25, 0.3) is 11.0 Å². The van der Waals surface area contributed by atoms with Gasteiger partial charge < -0.3 is 19.5 Å². The lowest BCUT2D eigenvalue weighted by Gasteiger charge is -2.39. The van der Waals surface area contributed by atoms with Gasteiger partial charge in [-0.05, 0) is 49.2 Å². The quantitative estimate of drug-likeness (QED) is 0.591. The van der Waals surface area contributed by atoms with Crippen molar-refractivity contribution in [2.75, 3.05) is 58.3 Å². The zero-order valence-corrected chi connectivity index (χ0v) is 19.9. The molecule has 1 atom stereocenters. The third kappa shape index (κ3) is 4.58. The van der Waals surface area contributed by atoms with Gasteiger partial charge in [0.2, 0.25) is 0 Å². The lowest BCUT2D eigenvalue weighted by molar-refractivity contribution is 0.0883. The highest BCUT2D eigenvalue weighted by molar-refractivity contribution is 5.96. The Morgan fingerprint density at radius 2 is 1.82 bits per heavy atom. The molecule has 0 saturated carbocycles. The number of aryl methyl sites for hydroxylation is 1. The minimum absolute atomic E-state index is 0.0441. The van der Waals surface area contributed by atoms with Gasteiger partial charge >= 0.3 is 5.63 Å². The van der Waals surface area contributed by atoms with Crippen molar-refractivity contribution in [1.82, 2.24) is 15.1 Å². The molecule has 5 rings (SSSR count). The molecule has 0 radical (unpaired) electrons. The van der Waals surface area contributed by atoms with Gasteiger partial charge in [-0.2, -0.15) is 0 Å². The van der Waals surface area contributed by atoms with E-state index in [0.29, 0.717) is 12.1 Å². The highest BCUT2D eigenvalue weighted by Gasteiger charge is 2.26. The summed E-state index contributed by atoms with van der Waals surface area (Å²) in [7, 11) is 4.28. The van der Waals surface area contributed by atoms with Crippen molar-refractivity contribution in [2.24, 2.45) is 0 Å². The lowest BCUT2D eigenvalue weighted by Crippen LogP contribution is -2.48. The van der Waals surface area contributed by atoms with E-state index >= 15 is 0 Å². The molecule has 2 aliphatic heterocycles. The molecular weight excluding hydrogens is 428 g/mol. The average molecular weight is 461 g/mol. The number of carbonyl (C=O) groups is 1. The average Bonchev–Trinajstić information content (AvgIpc) is 2.84. The largest absolute Gasteiger partial charge is 0.422 e. The van der Waals surface area contributed by atoms with Gasteiger partial charge in [0.25, 0.3) is 5.91 Å². The van der Waals surface area contributed by atoms with Crippen LogP contribution in [0.1, 0.15) is 33.9 Å². The summed E-state index contributed by atoms with van der Waals surface area (Å²) >= 11 is 0. The summed E-state index contributed by atoms with van der Waals surface area (Å²) in [6.07, 6.45) is 2.23. The molecular formula is C27H32N4O3. The Kier molecular flexibility index (Phi) is 6.39. The molecule has 7 nitrogen and oxygen atoms in total. The van der Waals surface area contributed by atoms with Crippen LogP contribution >= 0.6 is 0 Å². The number of nitrogens with one attached hydrogen (secondary N) is 1. The van der Waals surface area contributed by atoms with Crippen molar-refractivity contribution < 1.29 is 9.21 Å². The fourth-order valence-electron chi connectivity index (χ4n) is 5.11. The molecule has 3 heterocycles. The van der Waals surface area contributed by atoms with Gasteiger partial charge in [0, 0.05) is 57.4 Å². The van der Waals surface area contributed by atoms with E-state index in [1.165, 1.54) is 16.8 Å². The number of nitrogens with zero attached hydrogens (tertiary/aromatic N) is 3. The first-order chi connectivity index (χ1) is 16.5. The second kappa shape index (κ2) is 9.60. The molecule has 1 saturated heterocycles. The van der Waals surface area contributed by atoms with Gasteiger partial charge in [0.15, 0.2) is 0 Å². The molecule has 0 bridgehead atoms. The van der Waals surface area contributed by atoms with Crippen LogP contribution in [-0.4, -0.2) is 69.1 Å². The summed E-state index contributed by atoms with van der Waals surface area (Å²) in [5.41, 5.74) is 3.80. The van der Waals surface area contributed by atoms with Crippen molar-refractivity contribution >= 4 is 22.6 Å². The number of likely N-dealkylation sites (N-methyl/N-ethyl adjacent to an activating group) is 1. The molecule has 0 spiro atoms. The Labute approximate surface area is 199 Å². The molecule has 1 N–H and O–H groups in total. The van der Waals surface area contributed by atoms with Gasteiger partial charge in [0.1, 0.15) is 11.1 Å². The van der Waals surface area contributed by atoms with Gasteiger partial charge in [-0.3, -0.25) is 9.69 Å². The first-order valence-corrected chi connectivity index (χ1v) is 12.1. The first kappa shape index (κ1) is 22.6. The molecule has 34 heavy (non-hydrogen) atoms. The maximum Gasteiger partial charge on any atom is 0.349 e. The number of anilines is 1. The van der Waals surface area contributed by atoms with E-state index < -0.39 is 11.5 Å². The van der Waals surface area contributed by atoms with Crippen molar-refractivity contribution in [3.05, 3.63) is 75.6 Å². The molecule has 0 aliphatic carbocycles. The molecule has 1 amide bonds. The molecule has 3 aromatic rings. The standard InChI is InChI=1S/C27H32N4O3/c1-29-12-14-31(15-13-29)24(20-9-10-23-19(16-20)7-5-11-30(23)2)18-28-26(32)22-17-21-6-3-4-8-25(21)34-27(22)33/h3-4,6,8-10,16-17,24H,5,7,11-15,18H2,1-2H3,(H,28,32)/t24-/m0/s1. The van der Waals surface area contributed by atoms with E-state index in [1.807, 2.05) is 18.2 Å². The van der Waals surface area contributed by atoms with E-state index in [2.05, 4.69) is 52.3 Å². The van der Waals surface area contributed by atoms with Gasteiger partial charge in [-0.1, -0.05) is 30.3 Å². The van der Waals surface area contributed by atoms with Gasteiger partial charge in [-0.15, -0.1) is 0 Å². The first-order valence-electron chi connectivity index (χ1n) is 12.1. The number of carbonyl (C=O) groups excluding carboxylic acids is 1. The Balaban J connectivity index is 1.40. The van der Waals surface area contributed by atoms with Crippen molar-refractivity contribution in [2.45, 2.75) is 18.9 Å². The predicted molar refractivity (Wildman–Crippen MR) is 135 cm³/mol. The maximum atomic E-state index is 13.1. The van der Waals surface area contributed by atoms with Crippen molar-refractivity contribution in [3.63, 3.8) is 0 Å². The van der Waals surface area contributed by atoms with E-state index in [0.717, 1.165) is 51.0 Å². The number of hydrogen-bond donors (Lipinski definition) is 1. The van der Waals surface area contributed by atoms with Crippen LogP contribution in [0.5, 0.6) is 0 Å². The topological polar surface area (TPSA) is 69.0 Å². The summed E-state index contributed by atoms with van der Waals surface area (Å²) in [5, 5.41) is 3.77. The molecule has 2 aliphatic rings. The smallest absolute Gasteiger partial charge is 0.349 e. The summed E-state index contributed by atoms with van der Waals surface area (Å²) in [5.74, 6) is -0.392. The third-order valence-corrected chi connectivity index (χ3v) is 7.16. The number of hydrogen-bond acceptors (Lipinski definition) is 6. The van der Waals surface area contributed by atoms with E-state index in [1.54, 1.807) is 12.1 Å². The second-order valence-corrected chi connectivity index (χ2v) is 9.46. The number of fused-ring (bicyclic) bond motifs is 2. The summed E-state index contributed by atoms with van der Waals surface area (Å²) in [6, 6.07) is 15.6. The number of piperazine rings is 1. The second-order valence-electron chi connectivity index (χ2n) is 9.46. The third-order valence-electron chi connectivity index (χ3n) is 7.16. The van der Waals surface area contributed by atoms with Crippen molar-refractivity contribution in [1.29, 1.82) is 0 Å². The van der Waals surface area contributed by atoms with Gasteiger partial charge in [-0.25, -0.2) is 4.79 Å². The molecule has 1 aromatic heterocycles. The van der Waals surface area contributed by atoms with E-state index in [9.17, 15) is 9.59 Å². The highest BCUT2D eigenvalue weighted by atomic mass is 16.4. The Morgan fingerprint density at radius 1 is 1.03 bits per heavy atom. The zero-order chi connectivity index (χ0) is 23.7. The fraction of sp³-hybridized carbons (Fsp3) is 0.407. The number of para-hydroxylation sites is 1. The monoisotopic (exact) mass is 460 g/mol. The summed E-state index contributed by atoms with van der Waals surface area (Å²) in [4.78, 5) is 32.6. The van der Waals surface area contributed by atoms with E-state index in [-0.39, 0.29) is 11.6 Å². The number of benzene rings is 2.